The van der Waals surface area contributed by atoms with E-state index in [0.717, 1.165) is 28.6 Å². The first-order valence-corrected chi connectivity index (χ1v) is 9.24. The van der Waals surface area contributed by atoms with Crippen LogP contribution in [-0.2, 0) is 5.41 Å². The van der Waals surface area contributed by atoms with Crippen LogP contribution in [0.1, 0.15) is 33.3 Å². The van der Waals surface area contributed by atoms with Crippen molar-refractivity contribution in [3.8, 4) is 23.0 Å². The van der Waals surface area contributed by atoms with Gasteiger partial charge in [-0.1, -0.05) is 44.0 Å². The van der Waals surface area contributed by atoms with Gasteiger partial charge in [-0.25, -0.2) is 0 Å². The minimum atomic E-state index is -0.109. The van der Waals surface area contributed by atoms with E-state index in [1.165, 1.54) is 0 Å². The lowest BCUT2D eigenvalue weighted by molar-refractivity contribution is 0.339. The van der Waals surface area contributed by atoms with Gasteiger partial charge in [-0.2, -0.15) is 0 Å². The van der Waals surface area contributed by atoms with Crippen LogP contribution >= 0.6 is 23.2 Å². The highest BCUT2D eigenvalue weighted by Crippen LogP contribution is 2.36. The van der Waals surface area contributed by atoms with E-state index in [1.54, 1.807) is 6.08 Å². The van der Waals surface area contributed by atoms with Gasteiger partial charge in [0.2, 0.25) is 0 Å². The first kappa shape index (κ1) is 20.5. The summed E-state index contributed by atoms with van der Waals surface area (Å²) in [6.45, 7) is 9.28. The lowest BCUT2D eigenvalue weighted by atomic mass is 9.86. The molecule has 0 aliphatic heterocycles. The SMILES string of the molecule is CCOc1ccc(Oc2ccc(OCC=C(Cl)Cl)c(C(C)(C)C)c2)cc1. The first-order chi connectivity index (χ1) is 12.3. The molecule has 2 aromatic carbocycles. The zero-order chi connectivity index (χ0) is 19.2. The van der Waals surface area contributed by atoms with Gasteiger partial charge in [0, 0.05) is 5.56 Å². The van der Waals surface area contributed by atoms with E-state index in [4.69, 9.17) is 37.4 Å². The Labute approximate surface area is 165 Å². The minimum absolute atomic E-state index is 0.109. The maximum Gasteiger partial charge on any atom is 0.127 e. The van der Waals surface area contributed by atoms with Crippen LogP contribution in [-0.4, -0.2) is 13.2 Å². The van der Waals surface area contributed by atoms with Crippen LogP contribution in [0.5, 0.6) is 23.0 Å². The third kappa shape index (κ3) is 6.15. The summed E-state index contributed by atoms with van der Waals surface area (Å²) in [5.74, 6) is 3.10. The van der Waals surface area contributed by atoms with Crippen LogP contribution < -0.4 is 14.2 Å². The molecule has 0 radical (unpaired) electrons. The highest BCUT2D eigenvalue weighted by Gasteiger charge is 2.20. The quantitative estimate of drug-likeness (QED) is 0.512. The second-order valence-corrected chi connectivity index (χ2v) is 7.73. The summed E-state index contributed by atoms with van der Waals surface area (Å²) in [7, 11) is 0. The molecule has 0 aliphatic carbocycles. The molecule has 0 heterocycles. The molecule has 0 aromatic heterocycles. The molecule has 0 spiro atoms. The summed E-state index contributed by atoms with van der Waals surface area (Å²) in [4.78, 5) is 0. The summed E-state index contributed by atoms with van der Waals surface area (Å²) < 4.78 is 17.4. The number of rotatable bonds is 7. The fourth-order valence-electron chi connectivity index (χ4n) is 2.39. The molecule has 0 N–H and O–H groups in total. The van der Waals surface area contributed by atoms with Gasteiger partial charge in [0.25, 0.3) is 0 Å². The van der Waals surface area contributed by atoms with Gasteiger partial charge in [0.15, 0.2) is 0 Å². The van der Waals surface area contributed by atoms with Crippen LogP contribution in [0.3, 0.4) is 0 Å². The highest BCUT2D eigenvalue weighted by atomic mass is 35.5. The predicted octanol–water partition coefficient (Wildman–Crippen LogP) is 6.87. The van der Waals surface area contributed by atoms with Gasteiger partial charge < -0.3 is 14.2 Å². The Balaban J connectivity index is 2.20. The number of hydrogen-bond acceptors (Lipinski definition) is 3. The smallest absolute Gasteiger partial charge is 0.127 e. The summed E-state index contributed by atoms with van der Waals surface area (Å²) in [5, 5.41) is 0. The van der Waals surface area contributed by atoms with E-state index in [0.29, 0.717) is 13.2 Å². The number of halogens is 2. The van der Waals surface area contributed by atoms with E-state index in [9.17, 15) is 0 Å². The standard InChI is InChI=1S/C21H24Cl2O3/c1-5-24-15-6-8-16(9-7-15)26-17-10-11-19(25-13-12-20(22)23)18(14-17)21(2,3)4/h6-12,14H,5,13H2,1-4H3. The van der Waals surface area contributed by atoms with Crippen LogP contribution in [0, 0.1) is 0 Å². The van der Waals surface area contributed by atoms with Crippen LogP contribution in [0.15, 0.2) is 53.0 Å². The summed E-state index contributed by atoms with van der Waals surface area (Å²) in [6.07, 6.45) is 1.61. The van der Waals surface area contributed by atoms with Gasteiger partial charge >= 0.3 is 0 Å². The molecule has 0 unspecified atom stereocenters. The van der Waals surface area contributed by atoms with Crippen molar-refractivity contribution in [3.63, 3.8) is 0 Å². The average molecular weight is 395 g/mol. The average Bonchev–Trinajstić information content (AvgIpc) is 2.57. The van der Waals surface area contributed by atoms with E-state index in [2.05, 4.69) is 20.8 Å². The number of benzene rings is 2. The van der Waals surface area contributed by atoms with E-state index < -0.39 is 0 Å². The molecular formula is C21H24Cl2O3. The van der Waals surface area contributed by atoms with Crippen molar-refractivity contribution in [1.82, 2.24) is 0 Å². The van der Waals surface area contributed by atoms with Crippen LogP contribution in [0.25, 0.3) is 0 Å². The summed E-state index contributed by atoms with van der Waals surface area (Å²) in [6, 6.07) is 13.3. The maximum absolute atomic E-state index is 5.98. The third-order valence-corrected chi connectivity index (χ3v) is 3.91. The predicted molar refractivity (Wildman–Crippen MR) is 108 cm³/mol. The molecule has 3 nitrogen and oxygen atoms in total. The maximum atomic E-state index is 5.98. The fourth-order valence-corrected chi connectivity index (χ4v) is 2.51. The molecule has 0 bridgehead atoms. The van der Waals surface area contributed by atoms with E-state index in [-0.39, 0.29) is 9.91 Å². The largest absolute Gasteiger partial charge is 0.494 e. The van der Waals surface area contributed by atoms with Crippen molar-refractivity contribution in [2.75, 3.05) is 13.2 Å². The zero-order valence-electron chi connectivity index (χ0n) is 15.5. The molecule has 0 amide bonds. The van der Waals surface area contributed by atoms with Gasteiger partial charge in [0.05, 0.1) is 6.61 Å². The van der Waals surface area contributed by atoms with Crippen molar-refractivity contribution in [1.29, 1.82) is 0 Å². The molecule has 2 rings (SSSR count). The highest BCUT2D eigenvalue weighted by molar-refractivity contribution is 6.55. The summed E-state index contributed by atoms with van der Waals surface area (Å²) in [5.41, 5.74) is 0.933. The Morgan fingerprint density at radius 1 is 0.923 bits per heavy atom. The minimum Gasteiger partial charge on any atom is -0.494 e. The molecular weight excluding hydrogens is 371 g/mol. The number of hydrogen-bond donors (Lipinski definition) is 0. The Bertz CT molecular complexity index is 743. The molecule has 2 aromatic rings. The Hall–Kier alpha value is -1.84. The molecule has 140 valence electrons. The van der Waals surface area contributed by atoms with Gasteiger partial charge in [0.1, 0.15) is 34.1 Å². The fraction of sp³-hybridized carbons (Fsp3) is 0.333. The topological polar surface area (TPSA) is 27.7 Å². The molecule has 0 saturated carbocycles. The van der Waals surface area contributed by atoms with Crippen molar-refractivity contribution in [2.45, 2.75) is 33.1 Å². The normalized spacial score (nSPS) is 11.0. The Kier molecular flexibility index (Phi) is 7.24. The van der Waals surface area contributed by atoms with Crippen molar-refractivity contribution in [3.05, 3.63) is 58.6 Å². The van der Waals surface area contributed by atoms with Gasteiger partial charge in [-0.15, -0.1) is 0 Å². The lowest BCUT2D eigenvalue weighted by Gasteiger charge is -2.23. The molecule has 0 atom stereocenters. The van der Waals surface area contributed by atoms with E-state index in [1.807, 2.05) is 49.4 Å². The van der Waals surface area contributed by atoms with Gasteiger partial charge in [-0.05, 0) is 60.9 Å². The monoisotopic (exact) mass is 394 g/mol. The zero-order valence-corrected chi connectivity index (χ0v) is 17.0. The third-order valence-electron chi connectivity index (χ3n) is 3.61. The lowest BCUT2D eigenvalue weighted by Crippen LogP contribution is -2.13. The summed E-state index contributed by atoms with van der Waals surface area (Å²) >= 11 is 11.3. The molecule has 0 aliphatic rings. The molecule has 5 heteroatoms. The van der Waals surface area contributed by atoms with Gasteiger partial charge in [-0.3, -0.25) is 0 Å². The van der Waals surface area contributed by atoms with Crippen molar-refractivity contribution < 1.29 is 14.2 Å². The molecule has 0 saturated heterocycles. The Morgan fingerprint density at radius 2 is 1.54 bits per heavy atom. The molecule has 26 heavy (non-hydrogen) atoms. The van der Waals surface area contributed by atoms with Crippen molar-refractivity contribution >= 4 is 23.2 Å². The van der Waals surface area contributed by atoms with E-state index >= 15 is 0 Å². The van der Waals surface area contributed by atoms with Crippen LogP contribution in [0.4, 0.5) is 0 Å². The second-order valence-electron chi connectivity index (χ2n) is 6.72. The van der Waals surface area contributed by atoms with Crippen LogP contribution in [0.2, 0.25) is 0 Å². The first-order valence-electron chi connectivity index (χ1n) is 8.49. The Morgan fingerprint density at radius 3 is 2.12 bits per heavy atom. The molecule has 0 fully saturated rings. The second kappa shape index (κ2) is 9.20. The van der Waals surface area contributed by atoms with Crippen molar-refractivity contribution in [2.24, 2.45) is 0 Å². The number of ether oxygens (including phenoxy) is 3.